The minimum absolute atomic E-state index is 0.0558. The van der Waals surface area contributed by atoms with Crippen molar-refractivity contribution in [3.63, 3.8) is 0 Å². The van der Waals surface area contributed by atoms with Crippen molar-refractivity contribution in [2.24, 2.45) is 5.92 Å². The summed E-state index contributed by atoms with van der Waals surface area (Å²) >= 11 is 0. The molecule has 150 valence electrons. The summed E-state index contributed by atoms with van der Waals surface area (Å²) in [6.07, 6.45) is 3.17. The summed E-state index contributed by atoms with van der Waals surface area (Å²) in [5, 5.41) is 0. The van der Waals surface area contributed by atoms with E-state index in [0.29, 0.717) is 44.6 Å². The van der Waals surface area contributed by atoms with Gasteiger partial charge in [-0.05, 0) is 49.9 Å². The molecule has 0 aromatic heterocycles. The van der Waals surface area contributed by atoms with Gasteiger partial charge in [-0.3, -0.25) is 9.59 Å². The van der Waals surface area contributed by atoms with Gasteiger partial charge in [0.25, 0.3) is 5.91 Å². The molecule has 0 radical (unpaired) electrons. The minimum atomic E-state index is -0.353. The Labute approximate surface area is 161 Å². The smallest absolute Gasteiger partial charge is 0.253 e. The number of benzene rings is 1. The molecule has 0 aliphatic carbocycles. The summed E-state index contributed by atoms with van der Waals surface area (Å²) in [5.74, 6) is -0.333. The number of amides is 2. The summed E-state index contributed by atoms with van der Waals surface area (Å²) in [7, 11) is 1.65. The molecule has 1 fully saturated rings. The number of methoxy groups -OCH3 is 1. The van der Waals surface area contributed by atoms with Crippen molar-refractivity contribution < 1.29 is 18.7 Å². The van der Waals surface area contributed by atoms with Gasteiger partial charge >= 0.3 is 0 Å². The molecule has 6 heteroatoms. The zero-order valence-electron chi connectivity index (χ0n) is 16.6. The largest absolute Gasteiger partial charge is 0.383 e. The van der Waals surface area contributed by atoms with Gasteiger partial charge in [0.2, 0.25) is 5.91 Å². The molecular formula is C21H31FN2O3. The normalized spacial score (nSPS) is 15.2. The lowest BCUT2D eigenvalue weighted by Crippen LogP contribution is -2.48. The lowest BCUT2D eigenvalue weighted by molar-refractivity contribution is -0.140. The lowest BCUT2D eigenvalue weighted by Gasteiger charge is -2.37. The number of likely N-dealkylation sites (tertiary alicyclic amines) is 1. The number of carbonyl (C=O) groups is 2. The molecule has 1 aromatic rings. The van der Waals surface area contributed by atoms with Crippen molar-refractivity contribution in [3.05, 3.63) is 35.6 Å². The zero-order valence-corrected chi connectivity index (χ0v) is 16.6. The standard InChI is InChI=1S/C21H31FN2O3/c1-4-19(5-2)24(14-15-27-3)21(26)17-10-12-23(13-11-17)20(25)16-6-8-18(22)9-7-16/h6-9,17,19H,4-5,10-15H2,1-3H3. The van der Waals surface area contributed by atoms with Crippen LogP contribution in [-0.4, -0.2) is 61.0 Å². The Bertz CT molecular complexity index is 608. The van der Waals surface area contributed by atoms with Crippen molar-refractivity contribution in [3.8, 4) is 0 Å². The Morgan fingerprint density at radius 2 is 1.78 bits per heavy atom. The van der Waals surface area contributed by atoms with E-state index in [-0.39, 0.29) is 29.6 Å². The van der Waals surface area contributed by atoms with Crippen LogP contribution in [0.5, 0.6) is 0 Å². The third-order valence-corrected chi connectivity index (χ3v) is 5.43. The van der Waals surface area contributed by atoms with E-state index >= 15 is 0 Å². The van der Waals surface area contributed by atoms with Crippen LogP contribution in [0.4, 0.5) is 4.39 Å². The Kier molecular flexibility index (Phi) is 8.23. The molecule has 1 aromatic carbocycles. The van der Waals surface area contributed by atoms with Crippen LogP contribution in [0.15, 0.2) is 24.3 Å². The van der Waals surface area contributed by atoms with Crippen molar-refractivity contribution in [2.45, 2.75) is 45.6 Å². The highest BCUT2D eigenvalue weighted by Crippen LogP contribution is 2.23. The molecule has 1 aliphatic rings. The van der Waals surface area contributed by atoms with Crippen LogP contribution in [0.3, 0.4) is 0 Å². The SMILES string of the molecule is CCC(CC)N(CCOC)C(=O)C1CCN(C(=O)c2ccc(F)cc2)CC1. The van der Waals surface area contributed by atoms with E-state index in [9.17, 15) is 14.0 Å². The number of nitrogens with zero attached hydrogens (tertiary/aromatic N) is 2. The van der Waals surface area contributed by atoms with Crippen LogP contribution in [-0.2, 0) is 9.53 Å². The van der Waals surface area contributed by atoms with Crippen LogP contribution < -0.4 is 0 Å². The Balaban J connectivity index is 1.96. The maximum atomic E-state index is 13.1. The first-order valence-corrected chi connectivity index (χ1v) is 9.86. The molecule has 27 heavy (non-hydrogen) atoms. The van der Waals surface area contributed by atoms with E-state index in [4.69, 9.17) is 4.74 Å². The van der Waals surface area contributed by atoms with Gasteiger partial charge in [-0.15, -0.1) is 0 Å². The van der Waals surface area contributed by atoms with E-state index in [1.165, 1.54) is 24.3 Å². The van der Waals surface area contributed by atoms with Crippen molar-refractivity contribution in [1.82, 2.24) is 9.80 Å². The fraction of sp³-hybridized carbons (Fsp3) is 0.619. The molecule has 5 nitrogen and oxygen atoms in total. The second-order valence-corrected chi connectivity index (χ2v) is 7.07. The van der Waals surface area contributed by atoms with E-state index in [0.717, 1.165) is 12.8 Å². The van der Waals surface area contributed by atoms with Crippen LogP contribution in [0.2, 0.25) is 0 Å². The summed E-state index contributed by atoms with van der Waals surface area (Å²) in [5.41, 5.74) is 0.486. The maximum absolute atomic E-state index is 13.1. The van der Waals surface area contributed by atoms with Crippen molar-refractivity contribution in [1.29, 1.82) is 0 Å². The van der Waals surface area contributed by atoms with Gasteiger partial charge in [0, 0.05) is 44.3 Å². The lowest BCUT2D eigenvalue weighted by atomic mass is 9.93. The molecule has 1 saturated heterocycles. The monoisotopic (exact) mass is 378 g/mol. The average Bonchev–Trinajstić information content (AvgIpc) is 2.71. The number of piperidine rings is 1. The Hall–Kier alpha value is -1.95. The molecule has 0 bridgehead atoms. The van der Waals surface area contributed by atoms with E-state index in [2.05, 4.69) is 13.8 Å². The first-order valence-electron chi connectivity index (χ1n) is 9.86. The maximum Gasteiger partial charge on any atom is 0.253 e. The van der Waals surface area contributed by atoms with Crippen LogP contribution >= 0.6 is 0 Å². The first-order chi connectivity index (χ1) is 13.0. The summed E-state index contributed by atoms with van der Waals surface area (Å²) in [4.78, 5) is 29.3. The van der Waals surface area contributed by atoms with Gasteiger partial charge in [-0.1, -0.05) is 13.8 Å². The topological polar surface area (TPSA) is 49.9 Å². The second-order valence-electron chi connectivity index (χ2n) is 7.07. The van der Waals surface area contributed by atoms with Gasteiger partial charge < -0.3 is 14.5 Å². The highest BCUT2D eigenvalue weighted by molar-refractivity contribution is 5.94. The van der Waals surface area contributed by atoms with Gasteiger partial charge in [-0.2, -0.15) is 0 Å². The fourth-order valence-corrected chi connectivity index (χ4v) is 3.73. The minimum Gasteiger partial charge on any atom is -0.383 e. The molecule has 1 heterocycles. The second kappa shape index (κ2) is 10.4. The molecule has 0 unspecified atom stereocenters. The van der Waals surface area contributed by atoms with Gasteiger partial charge in [-0.25, -0.2) is 4.39 Å². The average molecular weight is 378 g/mol. The predicted octanol–water partition coefficient (Wildman–Crippen LogP) is 3.34. The van der Waals surface area contributed by atoms with Gasteiger partial charge in [0.05, 0.1) is 6.61 Å². The molecule has 0 spiro atoms. The summed E-state index contributed by atoms with van der Waals surface area (Å²) < 4.78 is 18.2. The van der Waals surface area contributed by atoms with Crippen molar-refractivity contribution >= 4 is 11.8 Å². The zero-order chi connectivity index (χ0) is 19.8. The quantitative estimate of drug-likeness (QED) is 0.697. The third-order valence-electron chi connectivity index (χ3n) is 5.43. The summed E-state index contributed by atoms with van der Waals surface area (Å²) in [6, 6.07) is 5.84. The Morgan fingerprint density at radius 1 is 1.19 bits per heavy atom. The number of rotatable bonds is 8. The molecule has 0 atom stereocenters. The third kappa shape index (κ3) is 5.51. The van der Waals surface area contributed by atoms with E-state index in [1.807, 2.05) is 4.90 Å². The molecule has 1 aliphatic heterocycles. The molecule has 0 N–H and O–H groups in total. The van der Waals surface area contributed by atoms with Crippen LogP contribution in [0.1, 0.15) is 49.9 Å². The van der Waals surface area contributed by atoms with Crippen molar-refractivity contribution in [2.75, 3.05) is 33.4 Å². The molecule has 2 amide bonds. The number of hydrogen-bond acceptors (Lipinski definition) is 3. The van der Waals surface area contributed by atoms with E-state index in [1.54, 1.807) is 12.0 Å². The number of halogens is 1. The first kappa shape index (κ1) is 21.4. The Morgan fingerprint density at radius 3 is 2.30 bits per heavy atom. The fourth-order valence-electron chi connectivity index (χ4n) is 3.73. The molecule has 2 rings (SSSR count). The molecule has 0 saturated carbocycles. The number of hydrogen-bond donors (Lipinski definition) is 0. The number of carbonyl (C=O) groups excluding carboxylic acids is 2. The van der Waals surface area contributed by atoms with Gasteiger partial charge in [0.1, 0.15) is 5.82 Å². The van der Waals surface area contributed by atoms with Crippen LogP contribution in [0, 0.1) is 11.7 Å². The molecular weight excluding hydrogens is 347 g/mol. The van der Waals surface area contributed by atoms with Gasteiger partial charge in [0.15, 0.2) is 0 Å². The van der Waals surface area contributed by atoms with E-state index < -0.39 is 0 Å². The summed E-state index contributed by atoms with van der Waals surface area (Å²) in [6.45, 7) is 6.44. The highest BCUT2D eigenvalue weighted by atomic mass is 19.1. The highest BCUT2D eigenvalue weighted by Gasteiger charge is 2.32. The number of ether oxygens (including phenoxy) is 1. The predicted molar refractivity (Wildman–Crippen MR) is 103 cm³/mol. The van der Waals surface area contributed by atoms with Crippen LogP contribution in [0.25, 0.3) is 0 Å².